The minimum Gasteiger partial charge on any atom is -0.453 e. The third-order valence-electron chi connectivity index (χ3n) is 2.25. The van der Waals surface area contributed by atoms with Crippen LogP contribution in [0.15, 0.2) is 24.3 Å². The molecule has 0 fully saturated rings. The van der Waals surface area contributed by atoms with Gasteiger partial charge in [0, 0.05) is 0 Å². The van der Waals surface area contributed by atoms with Crippen molar-refractivity contribution >= 4 is 40.9 Å². The maximum absolute atomic E-state index is 11.5. The second-order valence-electron chi connectivity index (χ2n) is 3.88. The van der Waals surface area contributed by atoms with Crippen molar-refractivity contribution in [2.45, 2.75) is 13.3 Å². The van der Waals surface area contributed by atoms with Gasteiger partial charge in [0.2, 0.25) is 0 Å². The average molecular weight is 311 g/mol. The molecule has 114 valence electrons. The lowest BCUT2D eigenvalue weighted by molar-refractivity contribution is 0.161. The van der Waals surface area contributed by atoms with Crippen LogP contribution in [0.3, 0.4) is 0 Å². The van der Waals surface area contributed by atoms with Crippen molar-refractivity contribution < 1.29 is 19.1 Å². The van der Waals surface area contributed by atoms with Gasteiger partial charge in [-0.15, -0.1) is 0 Å². The fourth-order valence-corrected chi connectivity index (χ4v) is 1.53. The first-order valence-corrected chi connectivity index (χ1v) is 6.66. The molecule has 2 amide bonds. The number of amides is 2. The number of hydrogen-bond acceptors (Lipinski definition) is 5. The van der Waals surface area contributed by atoms with E-state index in [-0.39, 0.29) is 5.11 Å². The Hall–Kier alpha value is -2.35. The van der Waals surface area contributed by atoms with Crippen LogP contribution in [-0.4, -0.2) is 31.0 Å². The normalized spacial score (nSPS) is 9.43. The topological polar surface area (TPSA) is 88.7 Å². The van der Waals surface area contributed by atoms with Crippen LogP contribution in [0, 0.1) is 0 Å². The number of hydrogen-bond donors (Lipinski definition) is 3. The molecule has 21 heavy (non-hydrogen) atoms. The molecule has 0 spiro atoms. The first kappa shape index (κ1) is 16.7. The van der Waals surface area contributed by atoms with E-state index < -0.39 is 12.2 Å². The van der Waals surface area contributed by atoms with E-state index >= 15 is 0 Å². The van der Waals surface area contributed by atoms with Crippen LogP contribution in [0.5, 0.6) is 0 Å². The van der Waals surface area contributed by atoms with Crippen LogP contribution >= 0.6 is 12.2 Å². The Morgan fingerprint density at radius 2 is 1.76 bits per heavy atom. The van der Waals surface area contributed by atoms with Crippen molar-refractivity contribution in [2.24, 2.45) is 0 Å². The molecule has 3 N–H and O–H groups in total. The highest BCUT2D eigenvalue weighted by atomic mass is 32.1. The quantitative estimate of drug-likeness (QED) is 0.741. The van der Waals surface area contributed by atoms with E-state index in [1.807, 2.05) is 6.92 Å². The average Bonchev–Trinajstić information content (AvgIpc) is 2.46. The maximum Gasteiger partial charge on any atom is 0.413 e. The molecular formula is C13H17N3O4S. The van der Waals surface area contributed by atoms with Gasteiger partial charge < -0.3 is 14.8 Å². The minimum atomic E-state index is -0.680. The van der Waals surface area contributed by atoms with Gasteiger partial charge in [-0.2, -0.15) is 0 Å². The maximum atomic E-state index is 11.5. The zero-order chi connectivity index (χ0) is 15.7. The number of anilines is 2. The van der Waals surface area contributed by atoms with Gasteiger partial charge in [-0.1, -0.05) is 19.1 Å². The smallest absolute Gasteiger partial charge is 0.413 e. The summed E-state index contributed by atoms with van der Waals surface area (Å²) in [5.74, 6) is 0. The van der Waals surface area contributed by atoms with E-state index in [0.29, 0.717) is 18.0 Å². The molecule has 1 rings (SSSR count). The van der Waals surface area contributed by atoms with Crippen molar-refractivity contribution in [3.05, 3.63) is 24.3 Å². The van der Waals surface area contributed by atoms with E-state index in [2.05, 4.69) is 20.7 Å². The van der Waals surface area contributed by atoms with Crippen LogP contribution < -0.4 is 16.0 Å². The summed E-state index contributed by atoms with van der Waals surface area (Å²) in [6, 6.07) is 6.88. The van der Waals surface area contributed by atoms with Gasteiger partial charge >= 0.3 is 12.2 Å². The fraction of sp³-hybridized carbons (Fsp3) is 0.308. The third kappa shape index (κ3) is 6.09. The molecule has 7 nitrogen and oxygen atoms in total. The van der Waals surface area contributed by atoms with Crippen LogP contribution in [-0.2, 0) is 9.47 Å². The zero-order valence-electron chi connectivity index (χ0n) is 11.8. The van der Waals surface area contributed by atoms with Gasteiger partial charge in [-0.05, 0) is 30.8 Å². The predicted molar refractivity (Wildman–Crippen MR) is 83.5 cm³/mol. The summed E-state index contributed by atoms with van der Waals surface area (Å²) in [4.78, 5) is 22.6. The highest BCUT2D eigenvalue weighted by Crippen LogP contribution is 2.21. The summed E-state index contributed by atoms with van der Waals surface area (Å²) in [5.41, 5.74) is 1.000. The second-order valence-corrected chi connectivity index (χ2v) is 4.29. The molecule has 1 aromatic carbocycles. The molecule has 0 atom stereocenters. The first-order valence-electron chi connectivity index (χ1n) is 6.25. The number of methoxy groups -OCH3 is 1. The van der Waals surface area contributed by atoms with Crippen LogP contribution in [0.2, 0.25) is 0 Å². The number of thiocarbonyl (C=S) groups is 1. The third-order valence-corrected chi connectivity index (χ3v) is 2.45. The van der Waals surface area contributed by atoms with Crippen molar-refractivity contribution in [2.75, 3.05) is 24.4 Å². The number of carbonyl (C=O) groups excluding carboxylic acids is 2. The Balaban J connectivity index is 2.68. The highest BCUT2D eigenvalue weighted by molar-refractivity contribution is 7.80. The van der Waals surface area contributed by atoms with Gasteiger partial charge in [0.15, 0.2) is 5.11 Å². The number of ether oxygens (including phenoxy) is 2. The van der Waals surface area contributed by atoms with Crippen LogP contribution in [0.1, 0.15) is 13.3 Å². The molecule has 0 heterocycles. The Labute approximate surface area is 128 Å². The molecule has 0 aliphatic rings. The predicted octanol–water partition coefficient (Wildman–Crippen LogP) is 2.70. The molecule has 0 bridgehead atoms. The molecule has 8 heteroatoms. The number of carbonyl (C=O) groups is 2. The standard InChI is InChI=1S/C13H17N3O4S/c1-3-8-20-13(18)15-10-7-5-4-6-9(10)14-11(21)16-12(17)19-2/h4-7H,3,8H2,1-2H3,(H,15,18)(H2,14,16,17,21). The SMILES string of the molecule is CCCOC(=O)Nc1ccccc1NC(=S)NC(=O)OC. The van der Waals surface area contributed by atoms with Crippen molar-refractivity contribution in [1.29, 1.82) is 0 Å². The largest absolute Gasteiger partial charge is 0.453 e. The Morgan fingerprint density at radius 1 is 1.14 bits per heavy atom. The summed E-state index contributed by atoms with van der Waals surface area (Å²) < 4.78 is 9.37. The van der Waals surface area contributed by atoms with Gasteiger partial charge in [-0.25, -0.2) is 9.59 Å². The van der Waals surface area contributed by atoms with Gasteiger partial charge in [0.25, 0.3) is 0 Å². The molecule has 0 aliphatic carbocycles. The van der Waals surface area contributed by atoms with Crippen molar-refractivity contribution in [3.8, 4) is 0 Å². The summed E-state index contributed by atoms with van der Waals surface area (Å²) in [6.45, 7) is 2.24. The second kappa shape index (κ2) is 8.75. The van der Waals surface area contributed by atoms with E-state index in [9.17, 15) is 9.59 Å². The van der Waals surface area contributed by atoms with Crippen LogP contribution in [0.25, 0.3) is 0 Å². The number of para-hydroxylation sites is 2. The summed E-state index contributed by atoms with van der Waals surface area (Å²) >= 11 is 4.95. The molecule has 0 saturated carbocycles. The van der Waals surface area contributed by atoms with Crippen molar-refractivity contribution in [3.63, 3.8) is 0 Å². The molecular weight excluding hydrogens is 294 g/mol. The Kier molecular flexibility index (Phi) is 6.96. The van der Waals surface area contributed by atoms with Gasteiger partial charge in [0.05, 0.1) is 25.1 Å². The first-order chi connectivity index (χ1) is 10.1. The lowest BCUT2D eigenvalue weighted by atomic mass is 10.2. The number of alkyl carbamates (subject to hydrolysis) is 1. The summed E-state index contributed by atoms with van der Waals surface area (Å²) in [7, 11) is 1.23. The van der Waals surface area contributed by atoms with Gasteiger partial charge in [-0.3, -0.25) is 10.6 Å². The molecule has 0 aliphatic heterocycles. The number of rotatable bonds is 4. The minimum absolute atomic E-state index is 0.0537. The lowest BCUT2D eigenvalue weighted by Crippen LogP contribution is -2.34. The van der Waals surface area contributed by atoms with Gasteiger partial charge in [0.1, 0.15) is 0 Å². The van der Waals surface area contributed by atoms with E-state index in [1.165, 1.54) is 7.11 Å². The molecule has 1 aromatic rings. The molecule has 0 unspecified atom stereocenters. The monoisotopic (exact) mass is 311 g/mol. The molecule has 0 saturated heterocycles. The Bertz CT molecular complexity index is 522. The zero-order valence-corrected chi connectivity index (χ0v) is 12.6. The lowest BCUT2D eigenvalue weighted by Gasteiger charge is -2.13. The Morgan fingerprint density at radius 3 is 2.33 bits per heavy atom. The number of benzene rings is 1. The van der Waals surface area contributed by atoms with Crippen LogP contribution in [0.4, 0.5) is 21.0 Å². The van der Waals surface area contributed by atoms with E-state index in [1.54, 1.807) is 24.3 Å². The van der Waals surface area contributed by atoms with Crippen molar-refractivity contribution in [1.82, 2.24) is 5.32 Å². The summed E-state index contributed by atoms with van der Waals surface area (Å²) in [6.07, 6.45) is -0.501. The molecule has 0 aromatic heterocycles. The van der Waals surface area contributed by atoms with E-state index in [4.69, 9.17) is 17.0 Å². The fourth-order valence-electron chi connectivity index (χ4n) is 1.34. The van der Waals surface area contributed by atoms with E-state index in [0.717, 1.165) is 6.42 Å². The highest BCUT2D eigenvalue weighted by Gasteiger charge is 2.09. The number of nitrogens with one attached hydrogen (secondary N) is 3. The summed E-state index contributed by atoms with van der Waals surface area (Å²) in [5, 5.41) is 7.74. The molecule has 0 radical (unpaired) electrons.